The minimum absolute atomic E-state index is 0.729. The molecule has 4 heteroatoms. The van der Waals surface area contributed by atoms with Crippen molar-refractivity contribution in [2.75, 3.05) is 11.9 Å². The van der Waals surface area contributed by atoms with E-state index >= 15 is 0 Å². The van der Waals surface area contributed by atoms with Crippen molar-refractivity contribution in [3.05, 3.63) is 28.1 Å². The summed E-state index contributed by atoms with van der Waals surface area (Å²) in [6, 6.07) is 4.15. The van der Waals surface area contributed by atoms with Gasteiger partial charge in [-0.05, 0) is 37.8 Å². The Kier molecular flexibility index (Phi) is 3.74. The van der Waals surface area contributed by atoms with Crippen molar-refractivity contribution in [3.63, 3.8) is 0 Å². The zero-order valence-electron chi connectivity index (χ0n) is 10.4. The van der Waals surface area contributed by atoms with Crippen molar-refractivity contribution < 1.29 is 0 Å². The first kappa shape index (κ1) is 12.0. The van der Waals surface area contributed by atoms with Crippen molar-refractivity contribution in [2.24, 2.45) is 0 Å². The molecule has 2 rings (SSSR count). The van der Waals surface area contributed by atoms with Crippen molar-refractivity contribution >= 4 is 17.3 Å². The highest BCUT2D eigenvalue weighted by atomic mass is 32.1. The first-order chi connectivity index (χ1) is 8.20. The lowest BCUT2D eigenvalue weighted by Crippen LogP contribution is -2.05. The molecule has 0 saturated carbocycles. The lowest BCUT2D eigenvalue weighted by Gasteiger charge is -2.07. The van der Waals surface area contributed by atoms with Gasteiger partial charge in [0, 0.05) is 22.7 Å². The summed E-state index contributed by atoms with van der Waals surface area (Å²) < 4.78 is 0. The van der Waals surface area contributed by atoms with Crippen LogP contribution in [0.25, 0.3) is 11.3 Å². The van der Waals surface area contributed by atoms with Crippen LogP contribution < -0.4 is 5.32 Å². The average molecular weight is 247 g/mol. The molecule has 0 atom stereocenters. The summed E-state index contributed by atoms with van der Waals surface area (Å²) in [4.78, 5) is 10.2. The van der Waals surface area contributed by atoms with E-state index in [1.807, 2.05) is 13.0 Å². The van der Waals surface area contributed by atoms with Crippen molar-refractivity contribution in [1.82, 2.24) is 9.97 Å². The zero-order valence-corrected chi connectivity index (χ0v) is 11.3. The van der Waals surface area contributed by atoms with Gasteiger partial charge in [0.05, 0.1) is 5.69 Å². The van der Waals surface area contributed by atoms with Crippen LogP contribution in [0.15, 0.2) is 17.5 Å². The monoisotopic (exact) mass is 247 g/mol. The molecule has 2 aromatic heterocycles. The fourth-order valence-electron chi connectivity index (χ4n) is 1.67. The van der Waals surface area contributed by atoms with Gasteiger partial charge in [-0.15, -0.1) is 11.3 Å². The van der Waals surface area contributed by atoms with Crippen LogP contribution in [0.5, 0.6) is 0 Å². The highest BCUT2D eigenvalue weighted by molar-refractivity contribution is 7.10. The first-order valence-electron chi connectivity index (χ1n) is 5.84. The number of anilines is 1. The Balaban J connectivity index is 2.35. The number of thiophene rings is 1. The summed E-state index contributed by atoms with van der Waals surface area (Å²) in [6.45, 7) is 7.17. The maximum absolute atomic E-state index is 4.56. The van der Waals surface area contributed by atoms with E-state index < -0.39 is 0 Å². The third-order valence-electron chi connectivity index (χ3n) is 2.52. The van der Waals surface area contributed by atoms with Gasteiger partial charge < -0.3 is 5.32 Å². The van der Waals surface area contributed by atoms with Crippen LogP contribution in [0.1, 0.15) is 23.9 Å². The van der Waals surface area contributed by atoms with Gasteiger partial charge in [0.2, 0.25) is 5.95 Å². The van der Waals surface area contributed by atoms with E-state index in [4.69, 9.17) is 0 Å². The van der Waals surface area contributed by atoms with E-state index in [2.05, 4.69) is 40.6 Å². The second kappa shape index (κ2) is 5.27. The highest BCUT2D eigenvalue weighted by Crippen LogP contribution is 2.26. The summed E-state index contributed by atoms with van der Waals surface area (Å²) in [6.07, 6.45) is 1.07. The number of aryl methyl sites for hydroxylation is 2. The van der Waals surface area contributed by atoms with E-state index in [-0.39, 0.29) is 0 Å². The lowest BCUT2D eigenvalue weighted by atomic mass is 10.2. The van der Waals surface area contributed by atoms with Gasteiger partial charge in [0.25, 0.3) is 0 Å². The summed E-state index contributed by atoms with van der Waals surface area (Å²) in [7, 11) is 0. The zero-order chi connectivity index (χ0) is 12.3. The minimum atomic E-state index is 0.729. The Morgan fingerprint density at radius 3 is 2.76 bits per heavy atom. The van der Waals surface area contributed by atoms with Gasteiger partial charge in [-0.25, -0.2) is 9.97 Å². The molecule has 0 aliphatic heterocycles. The van der Waals surface area contributed by atoms with Crippen molar-refractivity contribution in [2.45, 2.75) is 27.2 Å². The van der Waals surface area contributed by atoms with Crippen molar-refractivity contribution in [1.29, 1.82) is 0 Å². The second-order valence-corrected chi connectivity index (χ2v) is 5.16. The lowest BCUT2D eigenvalue weighted by molar-refractivity contribution is 0.947. The number of hydrogen-bond donors (Lipinski definition) is 1. The molecule has 0 fully saturated rings. The SMILES string of the molecule is CCCNc1nc(C)cc(-c2ccsc2C)n1. The fourth-order valence-corrected chi connectivity index (χ4v) is 2.38. The molecule has 0 aliphatic rings. The largest absolute Gasteiger partial charge is 0.354 e. The van der Waals surface area contributed by atoms with Crippen LogP contribution in [0.2, 0.25) is 0 Å². The molecule has 0 aromatic carbocycles. The Labute approximate surface area is 106 Å². The van der Waals surface area contributed by atoms with Crippen LogP contribution >= 0.6 is 11.3 Å². The van der Waals surface area contributed by atoms with Crippen LogP contribution in [0, 0.1) is 13.8 Å². The van der Waals surface area contributed by atoms with Crippen LogP contribution in [-0.2, 0) is 0 Å². The van der Waals surface area contributed by atoms with E-state index in [1.165, 1.54) is 10.4 Å². The van der Waals surface area contributed by atoms with Gasteiger partial charge in [0.1, 0.15) is 0 Å². The molecule has 0 spiro atoms. The van der Waals surface area contributed by atoms with Crippen LogP contribution in [0.3, 0.4) is 0 Å². The third kappa shape index (κ3) is 2.82. The Hall–Kier alpha value is -1.42. The summed E-state index contributed by atoms with van der Waals surface area (Å²) in [5, 5.41) is 5.34. The molecule has 2 heterocycles. The summed E-state index contributed by atoms with van der Waals surface area (Å²) in [5.41, 5.74) is 3.22. The highest BCUT2D eigenvalue weighted by Gasteiger charge is 2.07. The number of nitrogens with zero attached hydrogens (tertiary/aromatic N) is 2. The molecule has 0 amide bonds. The summed E-state index contributed by atoms with van der Waals surface area (Å²) in [5.74, 6) is 0.729. The molecular weight excluding hydrogens is 230 g/mol. The summed E-state index contributed by atoms with van der Waals surface area (Å²) >= 11 is 1.75. The van der Waals surface area contributed by atoms with Gasteiger partial charge in [-0.2, -0.15) is 0 Å². The Bertz CT molecular complexity index is 505. The molecular formula is C13H17N3S. The number of rotatable bonds is 4. The van der Waals surface area contributed by atoms with E-state index in [9.17, 15) is 0 Å². The van der Waals surface area contributed by atoms with Gasteiger partial charge in [-0.1, -0.05) is 6.92 Å². The van der Waals surface area contributed by atoms with Crippen LogP contribution in [0.4, 0.5) is 5.95 Å². The van der Waals surface area contributed by atoms with Gasteiger partial charge >= 0.3 is 0 Å². The van der Waals surface area contributed by atoms with Crippen LogP contribution in [-0.4, -0.2) is 16.5 Å². The van der Waals surface area contributed by atoms with E-state index in [0.29, 0.717) is 0 Å². The van der Waals surface area contributed by atoms with E-state index in [0.717, 1.165) is 30.3 Å². The molecule has 0 bridgehead atoms. The standard InChI is InChI=1S/C13H17N3S/c1-4-6-14-13-15-9(2)8-12(16-13)11-5-7-17-10(11)3/h5,7-8H,4,6H2,1-3H3,(H,14,15,16). The molecule has 0 saturated heterocycles. The Morgan fingerprint density at radius 1 is 1.29 bits per heavy atom. The normalized spacial score (nSPS) is 10.5. The Morgan fingerprint density at radius 2 is 2.12 bits per heavy atom. The third-order valence-corrected chi connectivity index (χ3v) is 3.37. The molecule has 3 nitrogen and oxygen atoms in total. The van der Waals surface area contributed by atoms with Crippen molar-refractivity contribution in [3.8, 4) is 11.3 Å². The number of hydrogen-bond acceptors (Lipinski definition) is 4. The van der Waals surface area contributed by atoms with Gasteiger partial charge in [0.15, 0.2) is 0 Å². The first-order valence-corrected chi connectivity index (χ1v) is 6.72. The smallest absolute Gasteiger partial charge is 0.223 e. The molecule has 0 radical (unpaired) electrons. The molecule has 90 valence electrons. The second-order valence-electron chi connectivity index (χ2n) is 4.04. The maximum Gasteiger partial charge on any atom is 0.223 e. The topological polar surface area (TPSA) is 37.8 Å². The molecule has 1 N–H and O–H groups in total. The predicted molar refractivity (Wildman–Crippen MR) is 73.6 cm³/mol. The molecule has 0 unspecified atom stereocenters. The molecule has 0 aliphatic carbocycles. The number of nitrogens with one attached hydrogen (secondary N) is 1. The fraction of sp³-hybridized carbons (Fsp3) is 0.385. The van der Waals surface area contributed by atoms with Gasteiger partial charge in [-0.3, -0.25) is 0 Å². The maximum atomic E-state index is 4.56. The molecule has 2 aromatic rings. The number of aromatic nitrogens is 2. The predicted octanol–water partition coefficient (Wildman–Crippen LogP) is 3.64. The van der Waals surface area contributed by atoms with E-state index in [1.54, 1.807) is 11.3 Å². The quantitative estimate of drug-likeness (QED) is 0.896. The molecule has 17 heavy (non-hydrogen) atoms. The minimum Gasteiger partial charge on any atom is -0.354 e. The average Bonchev–Trinajstić information content (AvgIpc) is 2.72.